The van der Waals surface area contributed by atoms with Gasteiger partial charge in [-0.15, -0.1) is 5.10 Å². The molecule has 0 fully saturated rings. The van der Waals surface area contributed by atoms with Crippen LogP contribution in [0.1, 0.15) is 29.2 Å². The first-order valence-corrected chi connectivity index (χ1v) is 6.40. The predicted octanol–water partition coefficient (Wildman–Crippen LogP) is -0.199. The van der Waals surface area contributed by atoms with Gasteiger partial charge in [-0.2, -0.15) is 0 Å². The standard InChI is InChI=1S/C10H18N4O2S/c1-3-8-9(17-14-13-8)10(16)12-5-4-11-6-7(2)15/h7,11,15H,3-6H2,1-2H3,(H,12,16). The van der Waals surface area contributed by atoms with Crippen molar-refractivity contribution in [2.45, 2.75) is 26.4 Å². The van der Waals surface area contributed by atoms with Gasteiger partial charge in [-0.3, -0.25) is 4.79 Å². The van der Waals surface area contributed by atoms with E-state index in [1.807, 2.05) is 6.92 Å². The highest BCUT2D eigenvalue weighted by Crippen LogP contribution is 2.10. The number of hydrogen-bond donors (Lipinski definition) is 3. The van der Waals surface area contributed by atoms with Crippen LogP contribution in [0.2, 0.25) is 0 Å². The molecule has 0 aliphatic carbocycles. The number of carbonyl (C=O) groups excluding carboxylic acids is 1. The zero-order valence-electron chi connectivity index (χ0n) is 10.1. The molecule has 7 heteroatoms. The number of aliphatic hydroxyl groups is 1. The fraction of sp³-hybridized carbons (Fsp3) is 0.700. The van der Waals surface area contributed by atoms with Crippen molar-refractivity contribution in [2.75, 3.05) is 19.6 Å². The second-order valence-corrected chi connectivity index (χ2v) is 4.47. The number of amides is 1. The molecule has 0 aliphatic rings. The van der Waals surface area contributed by atoms with Crippen molar-refractivity contribution in [3.63, 3.8) is 0 Å². The van der Waals surface area contributed by atoms with E-state index >= 15 is 0 Å². The molecule has 0 aliphatic heterocycles. The molecule has 0 spiro atoms. The van der Waals surface area contributed by atoms with Gasteiger partial charge in [-0.05, 0) is 24.9 Å². The molecule has 1 amide bonds. The van der Waals surface area contributed by atoms with Crippen molar-refractivity contribution in [2.24, 2.45) is 0 Å². The molecule has 0 aromatic carbocycles. The molecule has 1 aromatic heterocycles. The first-order valence-electron chi connectivity index (χ1n) is 5.63. The van der Waals surface area contributed by atoms with Gasteiger partial charge in [0.15, 0.2) is 0 Å². The molecule has 0 radical (unpaired) electrons. The Bertz CT molecular complexity index is 354. The molecule has 1 atom stereocenters. The van der Waals surface area contributed by atoms with Gasteiger partial charge in [-0.25, -0.2) is 0 Å². The maximum absolute atomic E-state index is 11.7. The lowest BCUT2D eigenvalue weighted by Gasteiger charge is -2.07. The minimum atomic E-state index is -0.372. The van der Waals surface area contributed by atoms with Gasteiger partial charge in [0.25, 0.3) is 5.91 Å². The van der Waals surface area contributed by atoms with E-state index in [4.69, 9.17) is 5.11 Å². The smallest absolute Gasteiger partial charge is 0.264 e. The molecule has 96 valence electrons. The van der Waals surface area contributed by atoms with Crippen LogP contribution in [0, 0.1) is 0 Å². The summed E-state index contributed by atoms with van der Waals surface area (Å²) in [6.45, 7) is 5.33. The van der Waals surface area contributed by atoms with E-state index in [0.29, 0.717) is 30.9 Å². The van der Waals surface area contributed by atoms with Gasteiger partial charge < -0.3 is 15.7 Å². The molecule has 0 bridgehead atoms. The summed E-state index contributed by atoms with van der Waals surface area (Å²) in [6.07, 6.45) is 0.336. The van der Waals surface area contributed by atoms with E-state index in [9.17, 15) is 4.79 Å². The third-order valence-electron chi connectivity index (χ3n) is 2.12. The van der Waals surface area contributed by atoms with Crippen molar-refractivity contribution in [1.29, 1.82) is 0 Å². The lowest BCUT2D eigenvalue weighted by molar-refractivity contribution is 0.0956. The number of rotatable bonds is 7. The highest BCUT2D eigenvalue weighted by molar-refractivity contribution is 7.08. The van der Waals surface area contributed by atoms with Crippen LogP contribution in [-0.4, -0.2) is 46.3 Å². The Morgan fingerprint density at radius 3 is 2.94 bits per heavy atom. The van der Waals surface area contributed by atoms with Gasteiger partial charge in [0, 0.05) is 19.6 Å². The Morgan fingerprint density at radius 1 is 1.53 bits per heavy atom. The Morgan fingerprint density at radius 2 is 2.29 bits per heavy atom. The van der Waals surface area contributed by atoms with E-state index in [1.54, 1.807) is 6.92 Å². The van der Waals surface area contributed by atoms with Crippen LogP contribution >= 0.6 is 11.5 Å². The maximum Gasteiger partial charge on any atom is 0.264 e. The summed E-state index contributed by atoms with van der Waals surface area (Å²) in [5.74, 6) is -0.129. The van der Waals surface area contributed by atoms with Crippen LogP contribution in [0.15, 0.2) is 0 Å². The van der Waals surface area contributed by atoms with Gasteiger partial charge >= 0.3 is 0 Å². The number of hydrogen-bond acceptors (Lipinski definition) is 6. The maximum atomic E-state index is 11.7. The highest BCUT2D eigenvalue weighted by atomic mass is 32.1. The van der Waals surface area contributed by atoms with Gasteiger partial charge in [0.05, 0.1) is 11.8 Å². The number of carbonyl (C=O) groups is 1. The molecular weight excluding hydrogens is 240 g/mol. The van der Waals surface area contributed by atoms with E-state index in [-0.39, 0.29) is 12.0 Å². The Balaban J connectivity index is 2.26. The normalized spacial score (nSPS) is 12.4. The SMILES string of the molecule is CCc1nnsc1C(=O)NCCNCC(C)O. The zero-order valence-corrected chi connectivity index (χ0v) is 10.9. The predicted molar refractivity (Wildman–Crippen MR) is 66.2 cm³/mol. The van der Waals surface area contributed by atoms with Crippen LogP contribution in [0.4, 0.5) is 0 Å². The quantitative estimate of drug-likeness (QED) is 0.590. The summed E-state index contributed by atoms with van der Waals surface area (Å²) >= 11 is 1.12. The number of aliphatic hydroxyl groups excluding tert-OH is 1. The molecule has 17 heavy (non-hydrogen) atoms. The fourth-order valence-electron chi connectivity index (χ4n) is 1.27. The van der Waals surface area contributed by atoms with Gasteiger partial charge in [-0.1, -0.05) is 11.4 Å². The summed E-state index contributed by atoms with van der Waals surface area (Å²) in [6, 6.07) is 0. The van der Waals surface area contributed by atoms with Crippen LogP contribution in [-0.2, 0) is 6.42 Å². The van der Waals surface area contributed by atoms with Crippen molar-refractivity contribution < 1.29 is 9.90 Å². The lowest BCUT2D eigenvalue weighted by Crippen LogP contribution is -2.34. The molecule has 0 saturated heterocycles. The zero-order chi connectivity index (χ0) is 12.7. The number of nitrogens with one attached hydrogen (secondary N) is 2. The summed E-state index contributed by atoms with van der Waals surface area (Å²) in [5, 5.41) is 18.7. The Kier molecular flexibility index (Phi) is 6.03. The molecule has 0 saturated carbocycles. The minimum absolute atomic E-state index is 0.129. The molecule has 1 rings (SSSR count). The molecule has 6 nitrogen and oxygen atoms in total. The van der Waals surface area contributed by atoms with Gasteiger partial charge in [0.2, 0.25) is 0 Å². The van der Waals surface area contributed by atoms with Crippen molar-refractivity contribution in [1.82, 2.24) is 20.2 Å². The second-order valence-electron chi connectivity index (χ2n) is 3.71. The van der Waals surface area contributed by atoms with E-state index in [0.717, 1.165) is 17.2 Å². The second kappa shape index (κ2) is 7.31. The van der Waals surface area contributed by atoms with Gasteiger partial charge in [0.1, 0.15) is 4.88 Å². The Labute approximate surface area is 105 Å². The summed E-state index contributed by atoms with van der Waals surface area (Å²) < 4.78 is 3.76. The first kappa shape index (κ1) is 14.0. The molecular formula is C10H18N4O2S. The van der Waals surface area contributed by atoms with E-state index < -0.39 is 0 Å². The lowest BCUT2D eigenvalue weighted by atomic mass is 10.3. The first-order chi connectivity index (χ1) is 8.15. The topological polar surface area (TPSA) is 87.1 Å². The molecule has 1 aromatic rings. The van der Waals surface area contributed by atoms with Crippen LogP contribution in [0.3, 0.4) is 0 Å². The number of aryl methyl sites for hydroxylation is 1. The molecule has 1 heterocycles. The number of nitrogens with zero attached hydrogens (tertiary/aromatic N) is 2. The average Bonchev–Trinajstić information content (AvgIpc) is 2.75. The van der Waals surface area contributed by atoms with Crippen molar-refractivity contribution in [3.05, 3.63) is 10.6 Å². The summed E-state index contributed by atoms with van der Waals surface area (Å²) in [7, 11) is 0. The van der Waals surface area contributed by atoms with Crippen molar-refractivity contribution in [3.8, 4) is 0 Å². The Hall–Kier alpha value is -1.05. The van der Waals surface area contributed by atoms with Crippen LogP contribution in [0.5, 0.6) is 0 Å². The van der Waals surface area contributed by atoms with Crippen LogP contribution < -0.4 is 10.6 Å². The summed E-state index contributed by atoms with van der Waals surface area (Å²) in [4.78, 5) is 12.3. The van der Waals surface area contributed by atoms with E-state index in [1.165, 1.54) is 0 Å². The molecule has 3 N–H and O–H groups in total. The third-order valence-corrected chi connectivity index (χ3v) is 2.89. The minimum Gasteiger partial charge on any atom is -0.392 e. The fourth-order valence-corrected chi connectivity index (χ4v) is 1.93. The van der Waals surface area contributed by atoms with Crippen LogP contribution in [0.25, 0.3) is 0 Å². The monoisotopic (exact) mass is 258 g/mol. The van der Waals surface area contributed by atoms with E-state index in [2.05, 4.69) is 20.2 Å². The summed E-state index contributed by atoms with van der Waals surface area (Å²) in [5.41, 5.74) is 0.740. The molecule has 1 unspecified atom stereocenters. The number of aromatic nitrogens is 2. The third kappa shape index (κ3) is 4.76. The largest absolute Gasteiger partial charge is 0.392 e. The highest BCUT2D eigenvalue weighted by Gasteiger charge is 2.13. The average molecular weight is 258 g/mol. The van der Waals surface area contributed by atoms with Crippen molar-refractivity contribution >= 4 is 17.4 Å².